The molecule has 16 heavy (non-hydrogen) atoms. The van der Waals surface area contributed by atoms with Crippen LogP contribution in [-0.4, -0.2) is 36.6 Å². The normalized spacial score (nSPS) is 22.0. The molecule has 2 heterocycles. The molecule has 0 bridgehead atoms. The van der Waals surface area contributed by atoms with Crippen LogP contribution in [0.15, 0.2) is 18.2 Å². The summed E-state index contributed by atoms with van der Waals surface area (Å²) in [4.78, 5) is 6.46. The Bertz CT molecular complexity index is 346. The van der Waals surface area contributed by atoms with E-state index in [-0.39, 0.29) is 0 Å². The number of hydrogen-bond donors (Lipinski definition) is 0. The molecule has 1 saturated heterocycles. The van der Waals surface area contributed by atoms with E-state index in [0.29, 0.717) is 17.0 Å². The first-order chi connectivity index (χ1) is 7.74. The Hall–Kier alpha value is -0.800. The van der Waals surface area contributed by atoms with Crippen LogP contribution in [0.1, 0.15) is 12.8 Å². The number of hydrogen-bond acceptors (Lipinski definition) is 3. The number of pyridine rings is 1. The topological polar surface area (TPSA) is 25.4 Å². The molecule has 1 aliphatic heterocycles. The Morgan fingerprint density at radius 2 is 2.44 bits per heavy atom. The van der Waals surface area contributed by atoms with Gasteiger partial charge in [-0.15, -0.1) is 0 Å². The van der Waals surface area contributed by atoms with E-state index in [9.17, 15) is 0 Å². The first-order valence-electron chi connectivity index (χ1n) is 5.68. The summed E-state index contributed by atoms with van der Waals surface area (Å²) in [5, 5.41) is 0.485. The predicted octanol–water partition coefficient (Wildman–Crippen LogP) is 2.46. The quantitative estimate of drug-likeness (QED) is 0.759. The van der Waals surface area contributed by atoms with Gasteiger partial charge in [0.1, 0.15) is 5.15 Å². The van der Waals surface area contributed by atoms with Gasteiger partial charge in [0.25, 0.3) is 0 Å². The van der Waals surface area contributed by atoms with Crippen molar-refractivity contribution in [1.82, 2.24) is 9.88 Å². The van der Waals surface area contributed by atoms with Crippen molar-refractivity contribution in [2.24, 2.45) is 5.92 Å². The monoisotopic (exact) mass is 240 g/mol. The Labute approximate surface area is 101 Å². The smallest absolute Gasteiger partial charge is 0.214 e. The average Bonchev–Trinajstić information content (AvgIpc) is 2.27. The van der Waals surface area contributed by atoms with Gasteiger partial charge in [-0.3, -0.25) is 0 Å². The summed E-state index contributed by atoms with van der Waals surface area (Å²) in [5.74, 6) is 1.24. The zero-order chi connectivity index (χ0) is 11.4. The van der Waals surface area contributed by atoms with Crippen LogP contribution in [0.4, 0.5) is 0 Å². The minimum absolute atomic E-state index is 0.485. The van der Waals surface area contributed by atoms with Crippen LogP contribution < -0.4 is 4.74 Å². The Kier molecular flexibility index (Phi) is 4.02. The van der Waals surface area contributed by atoms with Crippen molar-refractivity contribution in [3.8, 4) is 5.88 Å². The van der Waals surface area contributed by atoms with E-state index in [1.807, 2.05) is 12.1 Å². The van der Waals surface area contributed by atoms with Crippen molar-refractivity contribution in [3.63, 3.8) is 0 Å². The summed E-state index contributed by atoms with van der Waals surface area (Å²) in [6, 6.07) is 5.46. The molecule has 0 radical (unpaired) electrons. The van der Waals surface area contributed by atoms with Gasteiger partial charge in [-0.25, -0.2) is 4.98 Å². The van der Waals surface area contributed by atoms with Crippen LogP contribution in [0.5, 0.6) is 5.88 Å². The maximum atomic E-state index is 5.79. The molecule has 1 aromatic rings. The third-order valence-electron chi connectivity index (χ3n) is 2.88. The molecule has 4 heteroatoms. The van der Waals surface area contributed by atoms with Gasteiger partial charge >= 0.3 is 0 Å². The summed E-state index contributed by atoms with van der Waals surface area (Å²) in [6.45, 7) is 3.05. The molecule has 1 atom stereocenters. The number of halogens is 1. The predicted molar refractivity (Wildman–Crippen MR) is 65.0 cm³/mol. The fourth-order valence-electron chi connectivity index (χ4n) is 2.08. The lowest BCUT2D eigenvalue weighted by molar-refractivity contribution is 0.147. The average molecular weight is 241 g/mol. The van der Waals surface area contributed by atoms with Gasteiger partial charge in [0.2, 0.25) is 5.88 Å². The lowest BCUT2D eigenvalue weighted by Gasteiger charge is -2.29. The van der Waals surface area contributed by atoms with Crippen LogP contribution >= 0.6 is 11.6 Å². The van der Waals surface area contributed by atoms with Crippen LogP contribution in [0, 0.1) is 5.92 Å². The SMILES string of the molecule is CN1CCCC(COc2cccc(Cl)n2)C1. The highest BCUT2D eigenvalue weighted by Crippen LogP contribution is 2.17. The third kappa shape index (κ3) is 3.35. The number of aromatic nitrogens is 1. The van der Waals surface area contributed by atoms with Crippen LogP contribution in [0.25, 0.3) is 0 Å². The second kappa shape index (κ2) is 5.51. The Balaban J connectivity index is 1.82. The second-order valence-corrected chi connectivity index (χ2v) is 4.77. The van der Waals surface area contributed by atoms with Gasteiger partial charge in [-0.2, -0.15) is 0 Å². The molecule has 2 rings (SSSR count). The van der Waals surface area contributed by atoms with Gasteiger partial charge < -0.3 is 9.64 Å². The van der Waals surface area contributed by atoms with Crippen molar-refractivity contribution >= 4 is 11.6 Å². The number of piperidine rings is 1. The zero-order valence-electron chi connectivity index (χ0n) is 9.53. The maximum absolute atomic E-state index is 5.79. The Morgan fingerprint density at radius 3 is 3.19 bits per heavy atom. The van der Waals surface area contributed by atoms with Crippen molar-refractivity contribution in [1.29, 1.82) is 0 Å². The van der Waals surface area contributed by atoms with Gasteiger partial charge in [-0.05, 0) is 32.5 Å². The highest BCUT2D eigenvalue weighted by Gasteiger charge is 2.17. The number of ether oxygens (including phenoxy) is 1. The minimum atomic E-state index is 0.485. The van der Waals surface area contributed by atoms with E-state index in [2.05, 4.69) is 16.9 Å². The largest absolute Gasteiger partial charge is 0.477 e. The Morgan fingerprint density at radius 1 is 1.56 bits per heavy atom. The lowest BCUT2D eigenvalue weighted by atomic mass is 10.00. The van der Waals surface area contributed by atoms with E-state index in [1.54, 1.807) is 6.07 Å². The highest BCUT2D eigenvalue weighted by molar-refractivity contribution is 6.29. The maximum Gasteiger partial charge on any atom is 0.214 e. The standard InChI is InChI=1S/C12H17ClN2O/c1-15-7-3-4-10(8-15)9-16-12-6-2-5-11(13)14-12/h2,5-6,10H,3-4,7-9H2,1H3. The van der Waals surface area contributed by atoms with E-state index >= 15 is 0 Å². The number of nitrogens with zero attached hydrogens (tertiary/aromatic N) is 2. The fourth-order valence-corrected chi connectivity index (χ4v) is 2.24. The minimum Gasteiger partial charge on any atom is -0.477 e. The van der Waals surface area contributed by atoms with Crippen LogP contribution in [0.2, 0.25) is 5.15 Å². The summed E-state index contributed by atoms with van der Waals surface area (Å²) < 4.78 is 5.65. The molecule has 0 N–H and O–H groups in total. The molecule has 1 unspecified atom stereocenters. The molecular formula is C12H17ClN2O. The first-order valence-corrected chi connectivity index (χ1v) is 6.06. The molecule has 0 aromatic carbocycles. The summed E-state index contributed by atoms with van der Waals surface area (Å²) >= 11 is 5.79. The molecule has 1 fully saturated rings. The molecule has 0 amide bonds. The van der Waals surface area contributed by atoms with Crippen molar-refractivity contribution in [2.75, 3.05) is 26.7 Å². The fraction of sp³-hybridized carbons (Fsp3) is 0.583. The van der Waals surface area contributed by atoms with Gasteiger partial charge in [0.05, 0.1) is 6.61 Å². The molecule has 1 aromatic heterocycles. The zero-order valence-corrected chi connectivity index (χ0v) is 10.3. The molecule has 1 aliphatic rings. The van der Waals surface area contributed by atoms with Crippen LogP contribution in [-0.2, 0) is 0 Å². The molecular weight excluding hydrogens is 224 g/mol. The summed E-state index contributed by atoms with van der Waals surface area (Å²) in [7, 11) is 2.16. The van der Waals surface area contributed by atoms with E-state index < -0.39 is 0 Å². The molecule has 0 aliphatic carbocycles. The molecule has 0 saturated carbocycles. The number of likely N-dealkylation sites (tertiary alicyclic amines) is 1. The lowest BCUT2D eigenvalue weighted by Crippen LogP contribution is -2.34. The van der Waals surface area contributed by atoms with Gasteiger partial charge in [0.15, 0.2) is 0 Å². The third-order valence-corrected chi connectivity index (χ3v) is 3.09. The van der Waals surface area contributed by atoms with Crippen molar-refractivity contribution in [2.45, 2.75) is 12.8 Å². The molecule has 0 spiro atoms. The summed E-state index contributed by atoms with van der Waals surface area (Å²) in [5.41, 5.74) is 0. The van der Waals surface area contributed by atoms with Gasteiger partial charge in [0, 0.05) is 18.5 Å². The highest BCUT2D eigenvalue weighted by atomic mass is 35.5. The van der Waals surface area contributed by atoms with E-state index in [0.717, 1.165) is 13.2 Å². The van der Waals surface area contributed by atoms with E-state index in [4.69, 9.17) is 16.3 Å². The van der Waals surface area contributed by atoms with Gasteiger partial charge in [-0.1, -0.05) is 17.7 Å². The van der Waals surface area contributed by atoms with Crippen molar-refractivity contribution in [3.05, 3.63) is 23.4 Å². The summed E-state index contributed by atoms with van der Waals surface area (Å²) in [6.07, 6.45) is 2.50. The second-order valence-electron chi connectivity index (χ2n) is 4.38. The molecule has 88 valence electrons. The van der Waals surface area contributed by atoms with Crippen molar-refractivity contribution < 1.29 is 4.74 Å². The van der Waals surface area contributed by atoms with Crippen LogP contribution in [0.3, 0.4) is 0 Å². The van der Waals surface area contributed by atoms with E-state index in [1.165, 1.54) is 19.4 Å². The molecule has 3 nitrogen and oxygen atoms in total. The number of rotatable bonds is 3. The first kappa shape index (κ1) is 11.7.